The van der Waals surface area contributed by atoms with E-state index >= 15 is 0 Å². The second kappa shape index (κ2) is 55.6. The summed E-state index contributed by atoms with van der Waals surface area (Å²) in [6.07, 6.45) is 56.0. The average molecular weight is 1230 g/mol. The number of hydrogen-bond donors (Lipinski definition) is 1. The van der Waals surface area contributed by atoms with Gasteiger partial charge in [0.1, 0.15) is 5.78 Å². The van der Waals surface area contributed by atoms with Crippen LogP contribution in [0.25, 0.3) is 42.0 Å². The van der Waals surface area contributed by atoms with Gasteiger partial charge in [-0.15, -0.1) is 13.2 Å². The van der Waals surface area contributed by atoms with Crippen LogP contribution < -0.4 is 0 Å². The van der Waals surface area contributed by atoms with Gasteiger partial charge in [-0.3, -0.25) is 39.7 Å². The van der Waals surface area contributed by atoms with Crippen molar-refractivity contribution in [3.8, 4) is 0 Å². The summed E-state index contributed by atoms with van der Waals surface area (Å²) in [6.45, 7) is 33.9. The Morgan fingerprint density at radius 2 is 0.923 bits per heavy atom. The summed E-state index contributed by atoms with van der Waals surface area (Å²) in [7, 11) is 0. The largest absolute Gasteiger partial charge is 0.389 e. The summed E-state index contributed by atoms with van der Waals surface area (Å²) in [5, 5.41) is 8.91. The summed E-state index contributed by atoms with van der Waals surface area (Å²) in [4.78, 5) is 42.7. The fourth-order valence-corrected chi connectivity index (χ4v) is 7.86. The Balaban J connectivity index is 0.00000104. The highest BCUT2D eigenvalue weighted by atomic mass is 16.3. The molecule has 1 N–H and O–H groups in total. The minimum absolute atomic E-state index is 0. The van der Waals surface area contributed by atoms with E-state index in [1.54, 1.807) is 38.5 Å². The summed E-state index contributed by atoms with van der Waals surface area (Å²) >= 11 is 0. The molecule has 1 fully saturated rings. The van der Waals surface area contributed by atoms with Crippen LogP contribution in [0.15, 0.2) is 196 Å². The highest BCUT2D eigenvalue weighted by Crippen LogP contribution is 2.13. The van der Waals surface area contributed by atoms with Crippen LogP contribution >= 0.6 is 0 Å². The maximum Gasteiger partial charge on any atom is 0.133 e. The fraction of sp³-hybridized carbons (Fsp3) is 0.358. The molecule has 10 nitrogen and oxygen atoms in total. The second-order valence-corrected chi connectivity index (χ2v) is 21.2. The van der Waals surface area contributed by atoms with E-state index in [0.29, 0.717) is 6.42 Å². The first kappa shape index (κ1) is 82.6. The Morgan fingerprint density at radius 3 is 1.26 bits per heavy atom. The molecule has 7 aromatic rings. The van der Waals surface area contributed by atoms with Crippen molar-refractivity contribution in [3.63, 3.8) is 0 Å². The number of ketones is 1. The van der Waals surface area contributed by atoms with Gasteiger partial charge in [-0.2, -0.15) is 0 Å². The van der Waals surface area contributed by atoms with Crippen molar-refractivity contribution in [2.75, 3.05) is 19.6 Å². The maximum atomic E-state index is 10.8. The van der Waals surface area contributed by atoms with Crippen molar-refractivity contribution in [2.45, 2.75) is 174 Å². The molecule has 1 atom stereocenters. The molecule has 1 aliphatic heterocycles. The lowest BCUT2D eigenvalue weighted by atomic mass is 10.1. The molecule has 7 aromatic heterocycles. The molecule has 488 valence electrons. The van der Waals surface area contributed by atoms with Crippen molar-refractivity contribution in [1.29, 1.82) is 0 Å². The first-order valence-corrected chi connectivity index (χ1v) is 32.3. The van der Waals surface area contributed by atoms with E-state index in [1.165, 1.54) is 77.9 Å². The second-order valence-electron chi connectivity index (χ2n) is 21.2. The third kappa shape index (κ3) is 44.6. The zero-order chi connectivity index (χ0) is 66.2. The van der Waals surface area contributed by atoms with Crippen molar-refractivity contribution < 1.29 is 9.90 Å². The highest BCUT2D eigenvalue weighted by Gasteiger charge is 2.11. The standard InChI is InChI=1S/C16H22N2O.C13H19N.4C10H13N.C9H11NO.C2H4.CH4/c1-14(19)5-4-6-15-7-8-16(17-13-15)9-12-18-10-2-3-11-18;1-3-5-7-12-9-10-13(14-11-12)8-6-4-2;1-3-5-9(2)10-6-4-7-11-8-10;3*1-3-4-5-10-7-6-9(2)11-8-10;1-8(11)4-5-9-3-2-6-10-7-9;1-2;/h4,6-8,13H,2-3,5,9-12H2,1H3;5,7,9-11H,3-4,6,8H2,1-2H3;4*4-8H,3H2,1-2H3;2-8,11H,1H3;1-2H2;1H4/b6-4+;7-5+;9-5+;4*5-4+;;. The van der Waals surface area contributed by atoms with Crippen LogP contribution in [0.2, 0.25) is 0 Å². The molecule has 10 heteroatoms. The van der Waals surface area contributed by atoms with E-state index in [9.17, 15) is 4.79 Å². The number of rotatable bonds is 21. The Morgan fingerprint density at radius 1 is 0.516 bits per heavy atom. The lowest BCUT2D eigenvalue weighted by Gasteiger charge is -2.13. The highest BCUT2D eigenvalue weighted by molar-refractivity contribution is 5.78. The summed E-state index contributed by atoms with van der Waals surface area (Å²) in [5.74, 6) is 0.187. The summed E-state index contributed by atoms with van der Waals surface area (Å²) < 4.78 is 0. The van der Waals surface area contributed by atoms with E-state index in [1.807, 2.05) is 113 Å². The predicted octanol–water partition coefficient (Wildman–Crippen LogP) is 20.8. The Hall–Kier alpha value is -8.44. The Kier molecular flexibility index (Phi) is 50.5. The van der Waals surface area contributed by atoms with Crippen LogP contribution in [0.1, 0.15) is 201 Å². The number of unbranched alkanes of at least 4 members (excludes halogenated alkanes) is 1. The number of allylic oxidation sites excluding steroid dienone is 7. The Bertz CT molecular complexity index is 2940. The molecule has 8 heterocycles. The van der Waals surface area contributed by atoms with E-state index in [0.717, 1.165) is 85.4 Å². The van der Waals surface area contributed by atoms with E-state index in [4.69, 9.17) is 5.11 Å². The molecule has 1 aliphatic rings. The van der Waals surface area contributed by atoms with Crippen molar-refractivity contribution in [2.24, 2.45) is 0 Å². The van der Waals surface area contributed by atoms with E-state index in [-0.39, 0.29) is 13.2 Å². The number of hydrogen-bond acceptors (Lipinski definition) is 10. The zero-order valence-corrected chi connectivity index (χ0v) is 56.8. The van der Waals surface area contributed by atoms with Gasteiger partial charge in [0.15, 0.2) is 0 Å². The number of aromatic nitrogens is 7. The fourth-order valence-electron chi connectivity index (χ4n) is 7.86. The van der Waals surface area contributed by atoms with Gasteiger partial charge in [-0.05, 0) is 199 Å². The molecule has 1 saturated heterocycles. The number of pyridine rings is 7. The van der Waals surface area contributed by atoms with Gasteiger partial charge in [0.05, 0.1) is 6.10 Å². The molecule has 0 radical (unpaired) electrons. The Labute approximate surface area is 551 Å². The average Bonchev–Trinajstić information content (AvgIpc) is 4.32. The smallest absolute Gasteiger partial charge is 0.133 e. The molecule has 0 bridgehead atoms. The van der Waals surface area contributed by atoms with Gasteiger partial charge in [0.2, 0.25) is 0 Å². The number of aryl methyl sites for hydroxylation is 4. The number of likely N-dealkylation sites (tertiary alicyclic amines) is 1. The summed E-state index contributed by atoms with van der Waals surface area (Å²) in [6, 6.07) is 28.6. The van der Waals surface area contributed by atoms with Crippen molar-refractivity contribution in [3.05, 3.63) is 264 Å². The molecule has 1 unspecified atom stereocenters. The lowest BCUT2D eigenvalue weighted by Crippen LogP contribution is -2.22. The van der Waals surface area contributed by atoms with E-state index in [2.05, 4.69) is 205 Å². The first-order chi connectivity index (χ1) is 43.7. The molecular formula is C81H112N8O2. The van der Waals surface area contributed by atoms with Crippen LogP contribution in [-0.2, 0) is 17.6 Å². The monoisotopic (exact) mass is 1230 g/mol. The van der Waals surface area contributed by atoms with Crippen LogP contribution in [0.3, 0.4) is 0 Å². The molecule has 91 heavy (non-hydrogen) atoms. The molecule has 0 aromatic carbocycles. The van der Waals surface area contributed by atoms with Gasteiger partial charge in [0, 0.05) is 104 Å². The number of nitrogens with zero attached hydrogens (tertiary/aromatic N) is 8. The first-order valence-electron chi connectivity index (χ1n) is 32.3. The molecule has 0 aliphatic carbocycles. The zero-order valence-electron chi connectivity index (χ0n) is 56.8. The van der Waals surface area contributed by atoms with Gasteiger partial charge >= 0.3 is 0 Å². The topological polar surface area (TPSA) is 131 Å². The number of aliphatic hydroxyl groups is 1. The predicted molar refractivity (Wildman–Crippen MR) is 396 cm³/mol. The lowest BCUT2D eigenvalue weighted by molar-refractivity contribution is -0.116. The van der Waals surface area contributed by atoms with Gasteiger partial charge in [0.25, 0.3) is 0 Å². The molecule has 8 rings (SSSR count). The van der Waals surface area contributed by atoms with Crippen LogP contribution in [0.4, 0.5) is 0 Å². The SMILES string of the molecule is C.C=C.CC(=O)C/C=C/c1ccc(CCN2CCCC2)nc1.CC(O)/C=C/c1cccnc1.CC/C=C(\C)c1cccnc1.CC/C=C/c1ccc(C)nc1.CC/C=C/c1ccc(C)nc1.CC/C=C/c1ccc(C)nc1.CC/C=C/c1ccc(CCCC)nc1. The third-order valence-electron chi connectivity index (χ3n) is 12.9. The van der Waals surface area contributed by atoms with Crippen LogP contribution in [0, 0.1) is 20.8 Å². The van der Waals surface area contributed by atoms with Crippen molar-refractivity contribution in [1.82, 2.24) is 39.8 Å². The number of aliphatic hydroxyl groups excluding tert-OH is 1. The summed E-state index contributed by atoms with van der Waals surface area (Å²) in [5.41, 5.74) is 14.9. The minimum atomic E-state index is -0.393. The van der Waals surface area contributed by atoms with Gasteiger partial charge in [-0.25, -0.2) is 0 Å². The third-order valence-corrected chi connectivity index (χ3v) is 12.9. The van der Waals surface area contributed by atoms with E-state index < -0.39 is 6.10 Å². The quantitative estimate of drug-likeness (QED) is 0.0694. The minimum Gasteiger partial charge on any atom is -0.389 e. The molecule has 0 amide bonds. The number of carbonyl (C=O) groups excluding carboxylic acids is 1. The van der Waals surface area contributed by atoms with Crippen LogP contribution in [0.5, 0.6) is 0 Å². The van der Waals surface area contributed by atoms with Gasteiger partial charge < -0.3 is 10.0 Å². The van der Waals surface area contributed by atoms with Crippen molar-refractivity contribution >= 4 is 47.8 Å². The molecule has 0 saturated carbocycles. The normalized spacial score (nSPS) is 12.1. The molecule has 0 spiro atoms. The molecular weight excluding hydrogens is 1120 g/mol. The number of Topliss-reactive ketones (excluding diaryl/α,β-unsaturated/α-hetero) is 1. The maximum absolute atomic E-state index is 10.8. The number of carbonyl (C=O) groups is 1. The van der Waals surface area contributed by atoms with Gasteiger partial charge in [-0.1, -0.05) is 177 Å². The van der Waals surface area contributed by atoms with Crippen LogP contribution in [-0.4, -0.2) is 76.4 Å².